The zero-order valence-corrected chi connectivity index (χ0v) is 9.27. The van der Waals surface area contributed by atoms with Crippen LogP contribution >= 0.6 is 11.3 Å². The van der Waals surface area contributed by atoms with Crippen LogP contribution in [0.4, 0.5) is 10.1 Å². The Balaban J connectivity index is 2.00. The highest BCUT2D eigenvalue weighted by Gasteiger charge is 2.11. The van der Waals surface area contributed by atoms with Gasteiger partial charge in [-0.2, -0.15) is 5.10 Å². The number of nitrogens with one attached hydrogen (secondary N) is 1. The summed E-state index contributed by atoms with van der Waals surface area (Å²) < 4.78 is 1.73. The van der Waals surface area contributed by atoms with Crippen LogP contribution in [0.3, 0.4) is 0 Å². The monoisotopic (exact) mass is 239 g/mol. The maximum Gasteiger partial charge on any atom is 0.345 e. The maximum absolute atomic E-state index is 10.4. The Hall–Kier alpha value is -1.96. The largest absolute Gasteiger partial charge is 0.356 e. The van der Waals surface area contributed by atoms with E-state index in [2.05, 4.69) is 15.4 Å². The Kier molecular flexibility index (Phi) is 2.82. The summed E-state index contributed by atoms with van der Waals surface area (Å²) in [4.78, 5) is 13.9. The third-order valence-corrected chi connectivity index (χ3v) is 2.92. The molecule has 0 spiro atoms. The predicted octanol–water partition coefficient (Wildman–Crippen LogP) is 1.40. The van der Waals surface area contributed by atoms with Gasteiger partial charge < -0.3 is 5.32 Å². The quantitative estimate of drug-likeness (QED) is 0.643. The van der Waals surface area contributed by atoms with Gasteiger partial charge in [0.1, 0.15) is 6.20 Å². The summed E-state index contributed by atoms with van der Waals surface area (Å²) in [6, 6.07) is 1.87. The number of hydrogen-bond acceptors (Lipinski definition) is 6. The number of nitro groups is 1. The summed E-state index contributed by atoms with van der Waals surface area (Å²) >= 11 is 1.02. The van der Waals surface area contributed by atoms with E-state index < -0.39 is 4.92 Å². The van der Waals surface area contributed by atoms with Crippen LogP contribution in [0.15, 0.2) is 18.5 Å². The first-order valence-corrected chi connectivity index (χ1v) is 5.29. The molecule has 2 aromatic heterocycles. The van der Waals surface area contributed by atoms with Crippen LogP contribution in [0.2, 0.25) is 0 Å². The van der Waals surface area contributed by atoms with Gasteiger partial charge in [-0.1, -0.05) is 0 Å². The van der Waals surface area contributed by atoms with E-state index in [-0.39, 0.29) is 5.00 Å². The van der Waals surface area contributed by atoms with Crippen molar-refractivity contribution in [3.05, 3.63) is 34.3 Å². The van der Waals surface area contributed by atoms with Crippen molar-refractivity contribution in [1.82, 2.24) is 14.8 Å². The van der Waals surface area contributed by atoms with E-state index in [9.17, 15) is 10.1 Å². The fourth-order valence-corrected chi connectivity index (χ4v) is 1.80. The van der Waals surface area contributed by atoms with E-state index in [4.69, 9.17) is 0 Å². The molecule has 0 aliphatic rings. The lowest BCUT2D eigenvalue weighted by Gasteiger charge is -2.01. The molecule has 0 aliphatic carbocycles. The van der Waals surface area contributed by atoms with Crippen molar-refractivity contribution >= 4 is 21.5 Å². The first-order valence-electron chi connectivity index (χ1n) is 4.48. The summed E-state index contributed by atoms with van der Waals surface area (Å²) in [6.45, 7) is 0.543. The molecule has 0 amide bonds. The summed E-state index contributed by atoms with van der Waals surface area (Å²) in [5.41, 5.74) is 0.984. The van der Waals surface area contributed by atoms with E-state index >= 15 is 0 Å². The molecule has 0 bridgehead atoms. The summed E-state index contributed by atoms with van der Waals surface area (Å²) in [5.74, 6) is 0. The van der Waals surface area contributed by atoms with Gasteiger partial charge in [0.25, 0.3) is 0 Å². The number of thiazole rings is 1. The second-order valence-corrected chi connectivity index (χ2v) is 4.07. The maximum atomic E-state index is 10.4. The first kappa shape index (κ1) is 10.6. The van der Waals surface area contributed by atoms with E-state index in [0.29, 0.717) is 11.7 Å². The smallest absolute Gasteiger partial charge is 0.345 e. The number of hydrogen-bond donors (Lipinski definition) is 1. The zero-order valence-electron chi connectivity index (χ0n) is 8.45. The van der Waals surface area contributed by atoms with Crippen molar-refractivity contribution in [1.29, 1.82) is 0 Å². The topological polar surface area (TPSA) is 85.9 Å². The van der Waals surface area contributed by atoms with Gasteiger partial charge in [-0.25, -0.2) is 4.98 Å². The molecule has 7 nitrogen and oxygen atoms in total. The van der Waals surface area contributed by atoms with Crippen molar-refractivity contribution < 1.29 is 4.92 Å². The van der Waals surface area contributed by atoms with Gasteiger partial charge in [0.15, 0.2) is 5.13 Å². The van der Waals surface area contributed by atoms with Crippen molar-refractivity contribution in [3.8, 4) is 0 Å². The molecule has 2 rings (SSSR count). The zero-order chi connectivity index (χ0) is 11.5. The summed E-state index contributed by atoms with van der Waals surface area (Å²) in [7, 11) is 1.83. The Morgan fingerprint density at radius 2 is 2.50 bits per heavy atom. The van der Waals surface area contributed by atoms with Crippen LogP contribution in [-0.4, -0.2) is 19.7 Å². The van der Waals surface area contributed by atoms with Gasteiger partial charge in [0.2, 0.25) is 0 Å². The van der Waals surface area contributed by atoms with Crippen molar-refractivity contribution in [2.45, 2.75) is 6.54 Å². The van der Waals surface area contributed by atoms with Gasteiger partial charge in [-0.3, -0.25) is 14.8 Å². The molecular weight excluding hydrogens is 230 g/mol. The summed E-state index contributed by atoms with van der Waals surface area (Å²) in [6.07, 6.45) is 2.94. The Morgan fingerprint density at radius 3 is 3.06 bits per heavy atom. The molecule has 2 aromatic rings. The van der Waals surface area contributed by atoms with Crippen LogP contribution in [0.1, 0.15) is 5.69 Å². The normalized spacial score (nSPS) is 10.3. The van der Waals surface area contributed by atoms with Gasteiger partial charge in [0.05, 0.1) is 17.2 Å². The Labute approximate surface area is 94.9 Å². The summed E-state index contributed by atoms with van der Waals surface area (Å²) in [5, 5.41) is 18.0. The number of anilines is 1. The molecule has 0 saturated carbocycles. The van der Waals surface area contributed by atoms with Gasteiger partial charge in [0, 0.05) is 13.2 Å². The van der Waals surface area contributed by atoms with Crippen molar-refractivity contribution in [2.75, 3.05) is 5.32 Å². The molecule has 0 unspecified atom stereocenters. The van der Waals surface area contributed by atoms with Crippen molar-refractivity contribution in [3.63, 3.8) is 0 Å². The number of rotatable bonds is 4. The Bertz CT molecular complexity index is 506. The number of aryl methyl sites for hydroxylation is 1. The van der Waals surface area contributed by atoms with Crippen LogP contribution < -0.4 is 5.32 Å². The molecule has 0 radical (unpaired) electrons. The van der Waals surface area contributed by atoms with Crippen LogP contribution in [0.25, 0.3) is 0 Å². The average molecular weight is 239 g/mol. The lowest BCUT2D eigenvalue weighted by Crippen LogP contribution is -2.04. The molecule has 0 atom stereocenters. The third-order valence-electron chi connectivity index (χ3n) is 2.02. The van der Waals surface area contributed by atoms with E-state index in [0.717, 1.165) is 17.0 Å². The fourth-order valence-electron chi connectivity index (χ4n) is 1.17. The lowest BCUT2D eigenvalue weighted by atomic mass is 10.4. The minimum atomic E-state index is -0.451. The SMILES string of the molecule is Cn1nccc1CNc1ncc([N+](=O)[O-])s1. The number of aromatic nitrogens is 3. The highest BCUT2D eigenvalue weighted by atomic mass is 32.1. The molecular formula is C8H9N5O2S. The van der Waals surface area contributed by atoms with Crippen LogP contribution in [0.5, 0.6) is 0 Å². The molecule has 16 heavy (non-hydrogen) atoms. The second-order valence-electron chi connectivity index (χ2n) is 3.06. The molecule has 2 heterocycles. The molecule has 0 aliphatic heterocycles. The molecule has 8 heteroatoms. The molecule has 84 valence electrons. The van der Waals surface area contributed by atoms with Crippen LogP contribution in [0, 0.1) is 10.1 Å². The fraction of sp³-hybridized carbons (Fsp3) is 0.250. The second kappa shape index (κ2) is 4.27. The standard InChI is InChI=1S/C8H9N5O2S/c1-12-6(2-3-11-12)4-9-8-10-5-7(16-8)13(14)15/h2-3,5H,4H2,1H3,(H,9,10). The predicted molar refractivity (Wildman–Crippen MR) is 59.3 cm³/mol. The molecule has 1 N–H and O–H groups in total. The van der Waals surface area contributed by atoms with E-state index in [1.165, 1.54) is 6.20 Å². The van der Waals surface area contributed by atoms with E-state index in [1.807, 2.05) is 13.1 Å². The third kappa shape index (κ3) is 2.16. The van der Waals surface area contributed by atoms with Crippen LogP contribution in [-0.2, 0) is 13.6 Å². The molecule has 0 aromatic carbocycles. The van der Waals surface area contributed by atoms with Gasteiger partial charge >= 0.3 is 5.00 Å². The van der Waals surface area contributed by atoms with E-state index in [1.54, 1.807) is 10.9 Å². The average Bonchev–Trinajstić information content (AvgIpc) is 2.83. The molecule has 0 saturated heterocycles. The lowest BCUT2D eigenvalue weighted by molar-refractivity contribution is -0.380. The highest BCUT2D eigenvalue weighted by molar-refractivity contribution is 7.18. The number of nitrogens with zero attached hydrogens (tertiary/aromatic N) is 4. The first-order chi connectivity index (χ1) is 7.66. The Morgan fingerprint density at radius 1 is 1.69 bits per heavy atom. The minimum absolute atomic E-state index is 0.0347. The minimum Gasteiger partial charge on any atom is -0.356 e. The highest BCUT2D eigenvalue weighted by Crippen LogP contribution is 2.25. The van der Waals surface area contributed by atoms with Gasteiger partial charge in [-0.15, -0.1) is 0 Å². The van der Waals surface area contributed by atoms with Gasteiger partial charge in [-0.05, 0) is 17.4 Å². The molecule has 0 fully saturated rings. The van der Waals surface area contributed by atoms with Crippen molar-refractivity contribution in [2.24, 2.45) is 7.05 Å².